The number of carboxylic acid groups (broad SMARTS) is 2. The predicted molar refractivity (Wildman–Crippen MR) is 58.1 cm³/mol. The number of benzene rings is 1. The average Bonchev–Trinajstić information content (AvgIpc) is 2.55. The summed E-state index contributed by atoms with van der Waals surface area (Å²) in [7, 11) is 0. The SMILES string of the molecule is O=C(O)CC(=O)O.O=C1NC(=O)c2ccccc21. The molecule has 0 saturated heterocycles. The number of rotatable bonds is 2. The zero-order valence-electron chi connectivity index (χ0n) is 9.04. The van der Waals surface area contributed by atoms with Gasteiger partial charge in [0.15, 0.2) is 0 Å². The molecule has 0 radical (unpaired) electrons. The Kier molecular flexibility index (Phi) is 4.14. The van der Waals surface area contributed by atoms with E-state index in [9.17, 15) is 19.2 Å². The molecule has 2 amide bonds. The zero-order valence-corrected chi connectivity index (χ0v) is 9.04. The second kappa shape index (κ2) is 5.58. The van der Waals surface area contributed by atoms with Crippen LogP contribution in [0, 0.1) is 0 Å². The largest absolute Gasteiger partial charge is 0.481 e. The van der Waals surface area contributed by atoms with E-state index < -0.39 is 18.4 Å². The van der Waals surface area contributed by atoms with E-state index >= 15 is 0 Å². The van der Waals surface area contributed by atoms with Gasteiger partial charge in [-0.3, -0.25) is 24.5 Å². The van der Waals surface area contributed by atoms with Gasteiger partial charge in [0.1, 0.15) is 6.42 Å². The minimum absolute atomic E-state index is 0.300. The van der Waals surface area contributed by atoms with Crippen LogP contribution in [0.3, 0.4) is 0 Å². The number of amides is 2. The van der Waals surface area contributed by atoms with E-state index in [4.69, 9.17) is 10.2 Å². The number of carbonyl (C=O) groups is 4. The lowest BCUT2D eigenvalue weighted by molar-refractivity contribution is -0.147. The van der Waals surface area contributed by atoms with E-state index in [1.165, 1.54) is 0 Å². The molecule has 3 N–H and O–H groups in total. The van der Waals surface area contributed by atoms with Gasteiger partial charge in [-0.05, 0) is 12.1 Å². The lowest BCUT2D eigenvalue weighted by Crippen LogP contribution is -2.19. The fraction of sp³-hybridized carbons (Fsp3) is 0.0909. The second-order valence-electron chi connectivity index (χ2n) is 3.29. The monoisotopic (exact) mass is 251 g/mol. The maximum atomic E-state index is 10.9. The van der Waals surface area contributed by atoms with Gasteiger partial charge in [-0.25, -0.2) is 0 Å². The van der Waals surface area contributed by atoms with E-state index in [0.29, 0.717) is 11.1 Å². The van der Waals surface area contributed by atoms with Gasteiger partial charge in [-0.1, -0.05) is 12.1 Å². The summed E-state index contributed by atoms with van der Waals surface area (Å²) in [5, 5.41) is 17.6. The van der Waals surface area contributed by atoms with Crippen LogP contribution in [0.1, 0.15) is 27.1 Å². The highest BCUT2D eigenvalue weighted by Gasteiger charge is 2.25. The first-order valence-corrected chi connectivity index (χ1v) is 4.80. The van der Waals surface area contributed by atoms with Crippen LogP contribution in [0.4, 0.5) is 0 Å². The van der Waals surface area contributed by atoms with Crippen LogP contribution in [0.15, 0.2) is 24.3 Å². The fourth-order valence-electron chi connectivity index (χ4n) is 1.25. The number of hydrogen-bond acceptors (Lipinski definition) is 4. The number of hydrogen-bond donors (Lipinski definition) is 3. The minimum atomic E-state index is -1.31. The fourth-order valence-corrected chi connectivity index (χ4v) is 1.25. The molecule has 0 unspecified atom stereocenters. The summed E-state index contributed by atoms with van der Waals surface area (Å²) in [5.74, 6) is -3.23. The maximum Gasteiger partial charge on any atom is 0.314 e. The third-order valence-corrected chi connectivity index (χ3v) is 1.95. The molecule has 1 heterocycles. The van der Waals surface area contributed by atoms with Gasteiger partial charge in [0.25, 0.3) is 11.8 Å². The Balaban J connectivity index is 0.000000203. The standard InChI is InChI=1S/C8H5NO2.C3H4O4/c10-7-5-3-1-2-4-6(5)8(11)9-7;4-2(5)1-3(6)7/h1-4H,(H,9,10,11);1H2,(H,4,5)(H,6,7). The number of carboxylic acids is 2. The molecule has 0 bridgehead atoms. The summed E-state index contributed by atoms with van der Waals surface area (Å²) in [6.45, 7) is 0. The molecule has 1 aromatic carbocycles. The van der Waals surface area contributed by atoms with Crippen LogP contribution < -0.4 is 5.32 Å². The highest BCUT2D eigenvalue weighted by Crippen LogP contribution is 2.13. The zero-order chi connectivity index (χ0) is 13.7. The first kappa shape index (κ1) is 13.4. The van der Waals surface area contributed by atoms with Crippen molar-refractivity contribution < 1.29 is 29.4 Å². The number of imide groups is 1. The second-order valence-corrected chi connectivity index (χ2v) is 3.29. The number of nitrogens with one attached hydrogen (secondary N) is 1. The van der Waals surface area contributed by atoms with Crippen LogP contribution >= 0.6 is 0 Å². The van der Waals surface area contributed by atoms with Crippen LogP contribution in [0.5, 0.6) is 0 Å². The highest BCUT2D eigenvalue weighted by molar-refractivity contribution is 6.21. The Bertz CT molecular complexity index is 477. The number of carbonyl (C=O) groups excluding carboxylic acids is 2. The van der Waals surface area contributed by atoms with Crippen LogP contribution in [-0.4, -0.2) is 34.0 Å². The Morgan fingerprint density at radius 1 is 0.944 bits per heavy atom. The average molecular weight is 251 g/mol. The Hall–Kier alpha value is -2.70. The van der Waals surface area contributed by atoms with Crippen molar-refractivity contribution in [3.8, 4) is 0 Å². The molecule has 0 saturated carbocycles. The smallest absolute Gasteiger partial charge is 0.314 e. The van der Waals surface area contributed by atoms with Gasteiger partial charge < -0.3 is 10.2 Å². The first-order chi connectivity index (χ1) is 8.41. The van der Waals surface area contributed by atoms with Crippen molar-refractivity contribution in [2.75, 3.05) is 0 Å². The molecule has 7 nitrogen and oxygen atoms in total. The van der Waals surface area contributed by atoms with Gasteiger partial charge in [0.2, 0.25) is 0 Å². The van der Waals surface area contributed by atoms with Gasteiger partial charge in [-0.15, -0.1) is 0 Å². The van der Waals surface area contributed by atoms with Crippen molar-refractivity contribution in [1.29, 1.82) is 0 Å². The molecular weight excluding hydrogens is 242 g/mol. The first-order valence-electron chi connectivity index (χ1n) is 4.80. The molecule has 1 aromatic rings. The maximum absolute atomic E-state index is 10.9. The molecule has 0 spiro atoms. The van der Waals surface area contributed by atoms with Crippen molar-refractivity contribution >= 4 is 23.8 Å². The summed E-state index contributed by atoms with van der Waals surface area (Å²) in [6.07, 6.45) is -0.806. The summed E-state index contributed by atoms with van der Waals surface area (Å²) < 4.78 is 0. The molecular formula is C11H9NO6. The van der Waals surface area contributed by atoms with Gasteiger partial charge in [0, 0.05) is 0 Å². The van der Waals surface area contributed by atoms with Crippen molar-refractivity contribution in [1.82, 2.24) is 5.32 Å². The molecule has 1 aliphatic heterocycles. The number of fused-ring (bicyclic) bond motifs is 1. The summed E-state index contributed by atoms with van der Waals surface area (Å²) in [6, 6.07) is 6.74. The molecule has 2 rings (SSSR count). The minimum Gasteiger partial charge on any atom is -0.481 e. The topological polar surface area (TPSA) is 121 Å². The molecule has 0 aliphatic carbocycles. The molecule has 0 fully saturated rings. The Morgan fingerprint density at radius 3 is 1.61 bits per heavy atom. The van der Waals surface area contributed by atoms with E-state index in [1.54, 1.807) is 24.3 Å². The van der Waals surface area contributed by atoms with E-state index in [-0.39, 0.29) is 11.8 Å². The quantitative estimate of drug-likeness (QED) is 0.507. The van der Waals surface area contributed by atoms with E-state index in [2.05, 4.69) is 5.32 Å². The molecule has 1 aliphatic rings. The van der Waals surface area contributed by atoms with Gasteiger partial charge >= 0.3 is 11.9 Å². The number of aliphatic carboxylic acids is 2. The summed E-state index contributed by atoms with van der Waals surface area (Å²) in [4.78, 5) is 40.7. The van der Waals surface area contributed by atoms with Crippen LogP contribution in [0.2, 0.25) is 0 Å². The van der Waals surface area contributed by atoms with Crippen molar-refractivity contribution in [2.45, 2.75) is 6.42 Å². The molecule has 94 valence electrons. The normalized spacial score (nSPS) is 12.0. The predicted octanol–water partition coefficient (Wildman–Crippen LogP) is 0.116. The Morgan fingerprint density at radius 2 is 1.33 bits per heavy atom. The summed E-state index contributed by atoms with van der Waals surface area (Å²) >= 11 is 0. The lowest BCUT2D eigenvalue weighted by Gasteiger charge is -1.88. The van der Waals surface area contributed by atoms with Crippen LogP contribution in [-0.2, 0) is 9.59 Å². The Labute approximate surface area is 101 Å². The van der Waals surface area contributed by atoms with Crippen molar-refractivity contribution in [3.05, 3.63) is 35.4 Å². The molecule has 18 heavy (non-hydrogen) atoms. The van der Waals surface area contributed by atoms with Gasteiger partial charge in [0.05, 0.1) is 11.1 Å². The van der Waals surface area contributed by atoms with Crippen LogP contribution in [0.25, 0.3) is 0 Å². The van der Waals surface area contributed by atoms with Gasteiger partial charge in [-0.2, -0.15) is 0 Å². The molecule has 0 aromatic heterocycles. The highest BCUT2D eigenvalue weighted by atomic mass is 16.4. The van der Waals surface area contributed by atoms with E-state index in [1.807, 2.05) is 0 Å². The molecule has 0 atom stereocenters. The third-order valence-electron chi connectivity index (χ3n) is 1.95. The lowest BCUT2D eigenvalue weighted by atomic mass is 10.1. The van der Waals surface area contributed by atoms with E-state index in [0.717, 1.165) is 0 Å². The molecule has 7 heteroatoms. The van der Waals surface area contributed by atoms with Crippen molar-refractivity contribution in [3.63, 3.8) is 0 Å². The van der Waals surface area contributed by atoms with Crippen molar-refractivity contribution in [2.24, 2.45) is 0 Å². The third kappa shape index (κ3) is 3.41. The summed E-state index contributed by atoms with van der Waals surface area (Å²) in [5.41, 5.74) is 0.940.